The van der Waals surface area contributed by atoms with Gasteiger partial charge < -0.3 is 16.0 Å². The smallest absolute Gasteiger partial charge is 0.275 e. The third-order valence-corrected chi connectivity index (χ3v) is 4.74. The van der Waals surface area contributed by atoms with Gasteiger partial charge in [0, 0.05) is 6.54 Å². The number of nitrogens with one attached hydrogen (secondary N) is 2. The topological polar surface area (TPSA) is 76.6 Å². The third-order valence-electron chi connectivity index (χ3n) is 4.74. The van der Waals surface area contributed by atoms with Gasteiger partial charge >= 0.3 is 0 Å². The van der Waals surface area contributed by atoms with Crippen LogP contribution in [0.5, 0.6) is 0 Å². The number of likely N-dealkylation sites (tertiary alicyclic amines) is 1. The first-order valence-corrected chi connectivity index (χ1v) is 8.04. The maximum Gasteiger partial charge on any atom is 0.275 e. The molecule has 5 heteroatoms. The number of piperidine rings is 1. The average Bonchev–Trinajstić information content (AvgIpc) is 2.46. The Bertz CT molecular complexity index is 340. The molecule has 4 N–H and O–H groups in total. The van der Waals surface area contributed by atoms with Gasteiger partial charge in [-0.2, -0.15) is 0 Å². The zero-order valence-corrected chi connectivity index (χ0v) is 12.3. The van der Waals surface area contributed by atoms with E-state index in [0.717, 1.165) is 25.9 Å². The van der Waals surface area contributed by atoms with E-state index in [0.29, 0.717) is 19.0 Å². The lowest BCUT2D eigenvalue weighted by Gasteiger charge is -2.28. The first-order chi connectivity index (χ1) is 9.65. The van der Waals surface area contributed by atoms with Crippen molar-refractivity contribution in [2.75, 3.05) is 26.2 Å². The zero-order chi connectivity index (χ0) is 14.4. The molecule has 0 aromatic heterocycles. The van der Waals surface area contributed by atoms with Crippen LogP contribution < -0.4 is 16.0 Å². The van der Waals surface area contributed by atoms with Gasteiger partial charge in [-0.3, -0.25) is 9.59 Å². The highest BCUT2D eigenvalue weighted by atomic mass is 16.2. The molecule has 5 nitrogen and oxygen atoms in total. The zero-order valence-electron chi connectivity index (χ0n) is 12.3. The Morgan fingerprint density at radius 2 is 1.85 bits per heavy atom. The molecule has 114 valence electrons. The van der Waals surface area contributed by atoms with Crippen LogP contribution in [0.3, 0.4) is 0 Å². The summed E-state index contributed by atoms with van der Waals surface area (Å²) in [6, 6.07) is 0. The summed E-state index contributed by atoms with van der Waals surface area (Å²) in [5.74, 6) is 0.521. The molecular formula is C15H28N3O2+. The van der Waals surface area contributed by atoms with Crippen molar-refractivity contribution in [2.45, 2.75) is 44.9 Å². The van der Waals surface area contributed by atoms with Gasteiger partial charge in [0.1, 0.15) is 0 Å². The molecule has 1 aliphatic carbocycles. The fourth-order valence-electron chi connectivity index (χ4n) is 3.49. The number of hydrogen-bond donors (Lipinski definition) is 3. The average molecular weight is 282 g/mol. The van der Waals surface area contributed by atoms with E-state index in [1.807, 2.05) is 0 Å². The lowest BCUT2D eigenvalue weighted by Crippen LogP contribution is -3.15. The monoisotopic (exact) mass is 282 g/mol. The maximum atomic E-state index is 12.0. The highest BCUT2D eigenvalue weighted by molar-refractivity contribution is 5.77. The lowest BCUT2D eigenvalue weighted by atomic mass is 9.89. The van der Waals surface area contributed by atoms with Crippen molar-refractivity contribution in [3.8, 4) is 0 Å². The van der Waals surface area contributed by atoms with Crippen LogP contribution in [0.4, 0.5) is 0 Å². The van der Waals surface area contributed by atoms with Crippen LogP contribution in [0.1, 0.15) is 44.9 Å². The predicted molar refractivity (Wildman–Crippen MR) is 77.1 cm³/mol. The second-order valence-corrected chi connectivity index (χ2v) is 6.43. The Labute approximate surface area is 121 Å². The number of rotatable bonds is 5. The lowest BCUT2D eigenvalue weighted by molar-refractivity contribution is -0.899. The number of amides is 2. The number of nitrogens with two attached hydrogens (primary N) is 1. The first kappa shape index (κ1) is 15.3. The molecule has 1 saturated carbocycles. The van der Waals surface area contributed by atoms with Crippen LogP contribution in [0.15, 0.2) is 0 Å². The fourth-order valence-corrected chi connectivity index (χ4v) is 3.49. The van der Waals surface area contributed by atoms with Gasteiger partial charge in [-0.05, 0) is 31.6 Å². The molecule has 2 aliphatic rings. The Kier molecular flexibility index (Phi) is 5.83. The molecule has 0 radical (unpaired) electrons. The van der Waals surface area contributed by atoms with Crippen LogP contribution in [0.25, 0.3) is 0 Å². The summed E-state index contributed by atoms with van der Waals surface area (Å²) < 4.78 is 0. The Morgan fingerprint density at radius 1 is 1.10 bits per heavy atom. The maximum absolute atomic E-state index is 12.0. The second-order valence-electron chi connectivity index (χ2n) is 6.43. The van der Waals surface area contributed by atoms with Gasteiger partial charge in [0.25, 0.3) is 5.91 Å². The summed E-state index contributed by atoms with van der Waals surface area (Å²) in [5.41, 5.74) is 5.36. The van der Waals surface area contributed by atoms with Crippen molar-refractivity contribution in [3.05, 3.63) is 0 Å². The Hall–Kier alpha value is -1.10. The highest BCUT2D eigenvalue weighted by Crippen LogP contribution is 2.22. The van der Waals surface area contributed by atoms with Gasteiger partial charge in [0.2, 0.25) is 5.91 Å². The van der Waals surface area contributed by atoms with Crippen LogP contribution in [0, 0.1) is 11.8 Å². The van der Waals surface area contributed by atoms with Crippen LogP contribution >= 0.6 is 0 Å². The predicted octanol–water partition coefficient (Wildman–Crippen LogP) is -0.537. The van der Waals surface area contributed by atoms with Gasteiger partial charge in [-0.15, -0.1) is 0 Å². The number of carbonyl (C=O) groups excluding carboxylic acids is 2. The number of quaternary nitrogens is 1. The van der Waals surface area contributed by atoms with Gasteiger partial charge in [0.15, 0.2) is 6.54 Å². The van der Waals surface area contributed by atoms with Gasteiger partial charge in [-0.1, -0.05) is 19.3 Å². The highest BCUT2D eigenvalue weighted by Gasteiger charge is 2.28. The summed E-state index contributed by atoms with van der Waals surface area (Å²) in [6.07, 6.45) is 8.32. The number of carbonyl (C=O) groups is 2. The SMILES string of the molecule is NC(=O)[C@H]1CCC[NH+](CC(=O)NCC2CCCCC2)C1. The molecule has 2 amide bonds. The normalized spacial score (nSPS) is 28.0. The molecule has 1 heterocycles. The summed E-state index contributed by atoms with van der Waals surface area (Å²) in [4.78, 5) is 24.4. The standard InChI is InChI=1S/C15H27N3O2/c16-15(20)13-7-4-8-18(10-13)11-14(19)17-9-12-5-2-1-3-6-12/h12-13H,1-11H2,(H2,16,20)(H,17,19)/p+1/t13-/m0/s1. The van der Waals surface area contributed by atoms with E-state index >= 15 is 0 Å². The van der Waals surface area contributed by atoms with Gasteiger partial charge in [-0.25, -0.2) is 0 Å². The molecule has 2 rings (SSSR count). The van der Waals surface area contributed by atoms with Crippen LogP contribution in [-0.2, 0) is 9.59 Å². The number of primary amides is 1. The second kappa shape index (κ2) is 7.62. The van der Waals surface area contributed by atoms with E-state index in [2.05, 4.69) is 5.32 Å². The van der Waals surface area contributed by atoms with E-state index in [1.54, 1.807) is 0 Å². The first-order valence-electron chi connectivity index (χ1n) is 8.04. The van der Waals surface area contributed by atoms with Gasteiger partial charge in [0.05, 0.1) is 19.0 Å². The van der Waals surface area contributed by atoms with Crippen molar-refractivity contribution >= 4 is 11.8 Å². The molecule has 1 aliphatic heterocycles. The van der Waals surface area contributed by atoms with Crippen molar-refractivity contribution < 1.29 is 14.5 Å². The molecular weight excluding hydrogens is 254 g/mol. The molecule has 1 unspecified atom stereocenters. The van der Waals surface area contributed by atoms with E-state index < -0.39 is 0 Å². The van der Waals surface area contributed by atoms with Crippen LogP contribution in [0.2, 0.25) is 0 Å². The van der Waals surface area contributed by atoms with Crippen molar-refractivity contribution in [1.82, 2.24) is 5.32 Å². The quantitative estimate of drug-likeness (QED) is 0.633. The minimum atomic E-state index is -0.218. The van der Waals surface area contributed by atoms with E-state index in [9.17, 15) is 9.59 Å². The minimum Gasteiger partial charge on any atom is -0.369 e. The minimum absolute atomic E-state index is 0.0510. The molecule has 0 aromatic rings. The fraction of sp³-hybridized carbons (Fsp3) is 0.867. The third kappa shape index (κ3) is 4.78. The molecule has 0 bridgehead atoms. The Morgan fingerprint density at radius 3 is 2.55 bits per heavy atom. The largest absolute Gasteiger partial charge is 0.369 e. The molecule has 2 fully saturated rings. The van der Waals surface area contributed by atoms with Crippen molar-refractivity contribution in [1.29, 1.82) is 0 Å². The summed E-state index contributed by atoms with van der Waals surface area (Å²) in [6.45, 7) is 2.99. The number of hydrogen-bond acceptors (Lipinski definition) is 2. The molecule has 2 atom stereocenters. The van der Waals surface area contributed by atoms with E-state index in [1.165, 1.54) is 37.0 Å². The van der Waals surface area contributed by atoms with E-state index in [-0.39, 0.29) is 17.7 Å². The van der Waals surface area contributed by atoms with Crippen LogP contribution in [-0.4, -0.2) is 38.0 Å². The summed E-state index contributed by atoms with van der Waals surface area (Å²) in [5, 5.41) is 3.07. The van der Waals surface area contributed by atoms with Crippen molar-refractivity contribution in [2.24, 2.45) is 17.6 Å². The Balaban J connectivity index is 1.66. The summed E-state index contributed by atoms with van der Waals surface area (Å²) in [7, 11) is 0. The van der Waals surface area contributed by atoms with E-state index in [4.69, 9.17) is 5.73 Å². The molecule has 0 aromatic carbocycles. The molecule has 20 heavy (non-hydrogen) atoms. The summed E-state index contributed by atoms with van der Waals surface area (Å²) >= 11 is 0. The van der Waals surface area contributed by atoms with Crippen molar-refractivity contribution in [3.63, 3.8) is 0 Å². The molecule has 1 saturated heterocycles. The molecule has 0 spiro atoms.